The smallest absolute Gasteiger partial charge is 0.417 e. The van der Waals surface area contributed by atoms with Gasteiger partial charge in [-0.05, 0) is 62.3 Å². The summed E-state index contributed by atoms with van der Waals surface area (Å²) in [6.07, 6.45) is -1.43. The number of para-hydroxylation sites is 1. The Morgan fingerprint density at radius 2 is 1.74 bits per heavy atom. The van der Waals surface area contributed by atoms with Crippen LogP contribution in [0.4, 0.5) is 13.2 Å². The van der Waals surface area contributed by atoms with Gasteiger partial charge in [0.25, 0.3) is 0 Å². The molecule has 16 heteroatoms. The van der Waals surface area contributed by atoms with Gasteiger partial charge < -0.3 is 14.4 Å². The van der Waals surface area contributed by atoms with Crippen molar-refractivity contribution >= 4 is 44.8 Å². The minimum absolute atomic E-state index is 0.0345. The van der Waals surface area contributed by atoms with E-state index in [2.05, 4.69) is 11.6 Å². The van der Waals surface area contributed by atoms with Crippen LogP contribution in [-0.4, -0.2) is 72.8 Å². The van der Waals surface area contributed by atoms with Gasteiger partial charge in [-0.3, -0.25) is 23.4 Å². The molecule has 4 aliphatic rings. The number of ether oxygens (including phenoxy) is 2. The van der Waals surface area contributed by atoms with Crippen molar-refractivity contribution in [2.75, 3.05) is 6.54 Å². The van der Waals surface area contributed by atoms with E-state index in [0.29, 0.717) is 12.8 Å². The van der Waals surface area contributed by atoms with E-state index in [9.17, 15) is 40.8 Å². The van der Waals surface area contributed by atoms with Crippen LogP contribution in [0.15, 0.2) is 43.0 Å². The van der Waals surface area contributed by atoms with Crippen LogP contribution in [0.25, 0.3) is 10.9 Å². The van der Waals surface area contributed by atoms with Crippen molar-refractivity contribution in [3.63, 3.8) is 0 Å². The lowest BCUT2D eigenvalue weighted by Gasteiger charge is -2.35. The van der Waals surface area contributed by atoms with Gasteiger partial charge in [-0.2, -0.15) is 21.6 Å². The number of pyridine rings is 1. The van der Waals surface area contributed by atoms with E-state index in [-0.39, 0.29) is 48.7 Å². The van der Waals surface area contributed by atoms with Gasteiger partial charge in [0.1, 0.15) is 12.2 Å². The summed E-state index contributed by atoms with van der Waals surface area (Å²) >= 11 is 0. The highest BCUT2D eigenvalue weighted by atomic mass is 32.2. The predicted molar refractivity (Wildman–Crippen MR) is 189 cm³/mol. The maximum Gasteiger partial charge on any atom is 0.417 e. The zero-order chi connectivity index (χ0) is 39.2. The molecule has 0 unspecified atom stereocenters. The normalized spacial score (nSPS) is 25.3. The first-order chi connectivity index (χ1) is 25.3. The molecule has 3 saturated carbocycles. The number of hydrogen-bond donors (Lipinski definition) is 1. The van der Waals surface area contributed by atoms with E-state index in [4.69, 9.17) is 13.7 Å². The highest BCUT2D eigenvalue weighted by molar-refractivity contribution is 7.85. The lowest BCUT2D eigenvalue weighted by Crippen LogP contribution is -2.48. The zero-order valence-electron chi connectivity index (χ0n) is 30.5. The van der Waals surface area contributed by atoms with Gasteiger partial charge in [0.2, 0.25) is 17.7 Å². The number of hydrogen-bond acceptors (Lipinski definition) is 10. The number of ketones is 1. The second-order valence-electron chi connectivity index (χ2n) is 16.1. The van der Waals surface area contributed by atoms with Crippen molar-refractivity contribution < 1.29 is 54.4 Å². The van der Waals surface area contributed by atoms with Crippen LogP contribution in [0.3, 0.4) is 0 Å². The maximum atomic E-state index is 14.5. The SMILES string of the molecule is C=C[C@@H]1C[C@]1(CC(=O)[C@@H]1C[C@@H](Oc2cc(C(F)(F)F)c3ccccc3n2)CN1C(=O)[C@@H](CC(=O)OC1CCCC1)C(C)(C)C)C(=O)NS(=O)(=O)OC1CC1. The zero-order valence-corrected chi connectivity index (χ0v) is 31.3. The van der Waals surface area contributed by atoms with Crippen molar-refractivity contribution in [3.05, 3.63) is 48.6 Å². The number of aromatic nitrogens is 1. The largest absolute Gasteiger partial charge is 0.472 e. The molecule has 12 nitrogen and oxygen atoms in total. The fraction of sp³-hybridized carbons (Fsp3) is 0.605. The number of alkyl halides is 3. The van der Waals surface area contributed by atoms with Gasteiger partial charge in [0.15, 0.2) is 5.78 Å². The molecule has 294 valence electrons. The second-order valence-corrected chi connectivity index (χ2v) is 17.4. The van der Waals surface area contributed by atoms with E-state index in [0.717, 1.165) is 31.7 Å². The number of benzene rings is 1. The third-order valence-electron chi connectivity index (χ3n) is 10.9. The summed E-state index contributed by atoms with van der Waals surface area (Å²) in [6, 6.07) is 5.27. The first-order valence-electron chi connectivity index (χ1n) is 18.3. The highest BCUT2D eigenvalue weighted by Crippen LogP contribution is 2.57. The summed E-state index contributed by atoms with van der Waals surface area (Å²) in [5, 5.41) is -0.125. The van der Waals surface area contributed by atoms with Crippen molar-refractivity contribution in [2.24, 2.45) is 22.7 Å². The summed E-state index contributed by atoms with van der Waals surface area (Å²) in [5.74, 6) is -4.50. The summed E-state index contributed by atoms with van der Waals surface area (Å²) in [4.78, 5) is 61.0. The number of rotatable bonds is 14. The van der Waals surface area contributed by atoms with Gasteiger partial charge in [-0.1, -0.05) is 45.0 Å². The summed E-state index contributed by atoms with van der Waals surface area (Å²) in [6.45, 7) is 8.83. The summed E-state index contributed by atoms with van der Waals surface area (Å²) in [7, 11) is -4.45. The molecule has 1 aromatic carbocycles. The van der Waals surface area contributed by atoms with Crippen molar-refractivity contribution in [3.8, 4) is 5.88 Å². The number of nitrogens with one attached hydrogen (secondary N) is 1. The van der Waals surface area contributed by atoms with Gasteiger partial charge >= 0.3 is 22.4 Å². The third-order valence-corrected chi connectivity index (χ3v) is 11.8. The van der Waals surface area contributed by atoms with Crippen LogP contribution in [-0.2, 0) is 44.6 Å². The van der Waals surface area contributed by atoms with Gasteiger partial charge in [0.05, 0.1) is 47.5 Å². The fourth-order valence-corrected chi connectivity index (χ4v) is 8.65. The predicted octanol–water partition coefficient (Wildman–Crippen LogP) is 5.83. The number of fused-ring (bicyclic) bond motifs is 1. The number of carbonyl (C=O) groups is 4. The Morgan fingerprint density at radius 3 is 2.35 bits per heavy atom. The fourth-order valence-electron chi connectivity index (χ4n) is 7.62. The molecule has 3 aliphatic carbocycles. The van der Waals surface area contributed by atoms with Crippen LogP contribution in [0.2, 0.25) is 0 Å². The lowest BCUT2D eigenvalue weighted by molar-refractivity contribution is -0.156. The van der Waals surface area contributed by atoms with Gasteiger partial charge in [-0.25, -0.2) is 9.71 Å². The van der Waals surface area contributed by atoms with E-state index in [1.807, 2.05) is 4.72 Å². The highest BCUT2D eigenvalue weighted by Gasteiger charge is 2.61. The molecule has 2 heterocycles. The molecule has 1 aromatic heterocycles. The molecule has 6 rings (SSSR count). The minimum Gasteiger partial charge on any atom is -0.472 e. The number of Topliss-reactive ketones (excluding diaryl/α,β-unsaturated/α-hetero) is 1. The lowest BCUT2D eigenvalue weighted by atomic mass is 9.77. The van der Waals surface area contributed by atoms with Crippen molar-refractivity contribution in [1.82, 2.24) is 14.6 Å². The Kier molecular flexibility index (Phi) is 10.9. The summed E-state index contributed by atoms with van der Waals surface area (Å²) in [5.41, 5.74) is -3.20. The summed E-state index contributed by atoms with van der Waals surface area (Å²) < 4.78 is 86.1. The Balaban J connectivity index is 1.28. The van der Waals surface area contributed by atoms with E-state index in [1.54, 1.807) is 20.8 Å². The van der Waals surface area contributed by atoms with E-state index < -0.39 is 92.9 Å². The molecule has 0 radical (unpaired) electrons. The number of carbonyl (C=O) groups excluding carboxylic acids is 4. The number of allylic oxidation sites excluding steroid dienone is 1. The monoisotopic (exact) mass is 777 g/mol. The molecule has 2 aromatic rings. The third kappa shape index (κ3) is 8.90. The first-order valence-corrected chi connectivity index (χ1v) is 19.7. The van der Waals surface area contributed by atoms with Crippen molar-refractivity contribution in [1.29, 1.82) is 0 Å². The quantitative estimate of drug-likeness (QED) is 0.183. The number of likely N-dealkylation sites (tertiary alicyclic amines) is 1. The van der Waals surface area contributed by atoms with Crippen molar-refractivity contribution in [2.45, 2.75) is 116 Å². The molecule has 5 atom stereocenters. The Labute approximate surface area is 312 Å². The van der Waals surface area contributed by atoms with Gasteiger partial charge in [0, 0.05) is 24.3 Å². The molecule has 1 aliphatic heterocycles. The topological polar surface area (TPSA) is 158 Å². The van der Waals surface area contributed by atoms with Crippen LogP contribution in [0, 0.1) is 22.7 Å². The Morgan fingerprint density at radius 1 is 1.06 bits per heavy atom. The van der Waals surface area contributed by atoms with Crippen LogP contribution >= 0.6 is 0 Å². The molecule has 1 saturated heterocycles. The Hall–Kier alpha value is -4.05. The standard InChI is InChI=1S/C38H46F3N3O9S/c1-5-22-19-37(22,35(48)43-54(49,50)53-24-14-15-24)20-31(45)30-16-25(51-32-17-27(38(39,40)41)26-12-8-9-13-29(26)42-32)21-44(30)34(47)28(36(2,3)4)18-33(46)52-23-10-6-7-11-23/h5,8-9,12-13,17,22-25,28,30H,1,6-7,10-11,14-16,18-21H2,2-4H3,(H,43,48)/t22-,25-,28-,30+,37-/m1/s1. The van der Waals surface area contributed by atoms with E-state index >= 15 is 0 Å². The molecule has 0 spiro atoms. The van der Waals surface area contributed by atoms with Crippen LogP contribution in [0.1, 0.15) is 90.5 Å². The second kappa shape index (κ2) is 14.9. The maximum absolute atomic E-state index is 14.5. The first kappa shape index (κ1) is 39.6. The molecular formula is C38H46F3N3O9S. The van der Waals surface area contributed by atoms with Crippen LogP contribution in [0.5, 0.6) is 5.88 Å². The molecule has 4 fully saturated rings. The average Bonchev–Trinajstić information content (AvgIpc) is 3.91. The molecule has 54 heavy (non-hydrogen) atoms. The van der Waals surface area contributed by atoms with E-state index in [1.165, 1.54) is 35.2 Å². The molecule has 2 amide bonds. The number of esters is 1. The number of halogens is 3. The molecule has 1 N–H and O–H groups in total. The molecule has 0 bridgehead atoms. The number of nitrogens with zero attached hydrogens (tertiary/aromatic N) is 2. The minimum atomic E-state index is -4.73. The number of amides is 2. The van der Waals surface area contributed by atoms with Crippen LogP contribution < -0.4 is 9.46 Å². The molecular weight excluding hydrogens is 731 g/mol. The Bertz CT molecular complexity index is 1920. The average molecular weight is 778 g/mol. The van der Waals surface area contributed by atoms with Gasteiger partial charge in [-0.15, -0.1) is 6.58 Å².